The van der Waals surface area contributed by atoms with Gasteiger partial charge < -0.3 is 9.64 Å². The molecule has 2 saturated heterocycles. The number of nitrogens with zero attached hydrogens (tertiary/aromatic N) is 5. The molecule has 0 aromatic carbocycles. The van der Waals surface area contributed by atoms with Crippen LogP contribution in [-0.2, 0) is 11.3 Å². The van der Waals surface area contributed by atoms with E-state index < -0.39 is 0 Å². The molecule has 0 aliphatic carbocycles. The molecule has 0 bridgehead atoms. The number of rotatable bonds is 3. The van der Waals surface area contributed by atoms with Crippen molar-refractivity contribution in [3.63, 3.8) is 0 Å². The van der Waals surface area contributed by atoms with Gasteiger partial charge in [-0.05, 0) is 30.2 Å². The van der Waals surface area contributed by atoms with Gasteiger partial charge in [-0.15, -0.1) is 0 Å². The number of fused-ring (bicyclic) bond motifs is 1. The van der Waals surface area contributed by atoms with Gasteiger partial charge in [0.15, 0.2) is 0 Å². The highest BCUT2D eigenvalue weighted by molar-refractivity contribution is 5.93. The summed E-state index contributed by atoms with van der Waals surface area (Å²) in [4.78, 5) is 21.1. The van der Waals surface area contributed by atoms with E-state index in [1.54, 1.807) is 12.3 Å². The summed E-state index contributed by atoms with van der Waals surface area (Å²) < 4.78 is 5.97. The zero-order chi connectivity index (χ0) is 17.1. The molecule has 1 amide bonds. The van der Waals surface area contributed by atoms with Gasteiger partial charge in [-0.25, -0.2) is 0 Å². The van der Waals surface area contributed by atoms with Crippen molar-refractivity contribution in [3.8, 4) is 0 Å². The van der Waals surface area contributed by atoms with Crippen molar-refractivity contribution in [2.24, 2.45) is 0 Å². The number of hydrogen-bond acceptors (Lipinski definition) is 6. The summed E-state index contributed by atoms with van der Waals surface area (Å²) in [7, 11) is 0. The van der Waals surface area contributed by atoms with Crippen LogP contribution in [0.4, 0.5) is 0 Å². The molecule has 4 heterocycles. The predicted octanol–water partition coefficient (Wildman–Crippen LogP) is 0.987. The molecule has 2 atom stereocenters. The molecule has 2 aliphatic heterocycles. The Morgan fingerprint density at radius 2 is 2.04 bits per heavy atom. The SMILES string of the molecule is O=C(c1ccnnc1)N1CC[C@@H]2OCCN(Cc3ccncc3)[C@H]2C1. The fraction of sp³-hybridized carbons (Fsp3) is 0.444. The van der Waals surface area contributed by atoms with Crippen LogP contribution in [0, 0.1) is 0 Å². The molecule has 130 valence electrons. The topological polar surface area (TPSA) is 71.5 Å². The van der Waals surface area contributed by atoms with E-state index in [1.807, 2.05) is 29.4 Å². The number of carbonyl (C=O) groups is 1. The van der Waals surface area contributed by atoms with Crippen molar-refractivity contribution in [3.05, 3.63) is 54.1 Å². The number of pyridine rings is 1. The number of aromatic nitrogens is 3. The summed E-state index contributed by atoms with van der Waals surface area (Å²) in [6.07, 6.45) is 7.78. The van der Waals surface area contributed by atoms with E-state index in [-0.39, 0.29) is 18.1 Å². The first-order valence-electron chi connectivity index (χ1n) is 8.62. The Morgan fingerprint density at radius 1 is 1.16 bits per heavy atom. The number of ether oxygens (including phenoxy) is 1. The van der Waals surface area contributed by atoms with Crippen molar-refractivity contribution in [1.29, 1.82) is 0 Å². The zero-order valence-electron chi connectivity index (χ0n) is 14.0. The van der Waals surface area contributed by atoms with Crippen LogP contribution in [0.5, 0.6) is 0 Å². The number of hydrogen-bond donors (Lipinski definition) is 0. The highest BCUT2D eigenvalue weighted by Crippen LogP contribution is 2.25. The van der Waals surface area contributed by atoms with E-state index in [0.29, 0.717) is 18.7 Å². The molecule has 7 heteroatoms. The molecule has 2 aromatic rings. The van der Waals surface area contributed by atoms with E-state index in [1.165, 1.54) is 11.8 Å². The van der Waals surface area contributed by atoms with Gasteiger partial charge >= 0.3 is 0 Å². The van der Waals surface area contributed by atoms with Gasteiger partial charge in [-0.2, -0.15) is 10.2 Å². The summed E-state index contributed by atoms with van der Waals surface area (Å²) in [6, 6.07) is 6.01. The van der Waals surface area contributed by atoms with Crippen molar-refractivity contribution in [2.75, 3.05) is 26.2 Å². The van der Waals surface area contributed by atoms with E-state index in [9.17, 15) is 4.79 Å². The van der Waals surface area contributed by atoms with Gasteiger partial charge in [0.2, 0.25) is 0 Å². The minimum atomic E-state index is 0.0165. The molecular formula is C18H21N5O2. The van der Waals surface area contributed by atoms with Crippen LogP contribution in [-0.4, -0.2) is 69.3 Å². The van der Waals surface area contributed by atoms with Crippen LogP contribution in [0.15, 0.2) is 43.0 Å². The first-order valence-corrected chi connectivity index (χ1v) is 8.62. The number of amides is 1. The molecule has 2 aromatic heterocycles. The number of carbonyl (C=O) groups excluding carboxylic acids is 1. The first-order chi connectivity index (χ1) is 12.3. The lowest BCUT2D eigenvalue weighted by Gasteiger charge is -2.47. The van der Waals surface area contributed by atoms with Crippen LogP contribution in [0.1, 0.15) is 22.3 Å². The van der Waals surface area contributed by atoms with Crippen molar-refractivity contribution in [1.82, 2.24) is 25.0 Å². The van der Waals surface area contributed by atoms with Crippen LogP contribution >= 0.6 is 0 Å². The van der Waals surface area contributed by atoms with Gasteiger partial charge in [-0.1, -0.05) is 0 Å². The average Bonchev–Trinajstić information content (AvgIpc) is 2.69. The van der Waals surface area contributed by atoms with Gasteiger partial charge in [0.05, 0.1) is 36.7 Å². The lowest BCUT2D eigenvalue weighted by molar-refractivity contribution is -0.101. The standard InChI is InChI=1S/C18H21N5O2/c24-18(15-3-7-20-21-11-15)23-8-4-17-16(13-23)22(9-10-25-17)12-14-1-5-19-6-2-14/h1-3,5-7,11,16-17H,4,8-10,12-13H2/t16-,17-/m0/s1. The quantitative estimate of drug-likeness (QED) is 0.830. The lowest BCUT2D eigenvalue weighted by Crippen LogP contribution is -2.60. The summed E-state index contributed by atoms with van der Waals surface area (Å²) in [5.41, 5.74) is 1.82. The van der Waals surface area contributed by atoms with Crippen molar-refractivity contribution >= 4 is 5.91 Å². The molecule has 25 heavy (non-hydrogen) atoms. The molecule has 4 rings (SSSR count). The van der Waals surface area contributed by atoms with E-state index >= 15 is 0 Å². The highest BCUT2D eigenvalue weighted by atomic mass is 16.5. The number of piperidine rings is 1. The molecule has 2 aliphatic rings. The Hall–Kier alpha value is -2.38. The third-order valence-electron chi connectivity index (χ3n) is 4.95. The molecule has 7 nitrogen and oxygen atoms in total. The second-order valence-electron chi connectivity index (χ2n) is 6.47. The Kier molecular flexibility index (Phi) is 4.67. The molecule has 0 saturated carbocycles. The summed E-state index contributed by atoms with van der Waals surface area (Å²) in [6.45, 7) is 3.87. The van der Waals surface area contributed by atoms with Gasteiger partial charge in [0.25, 0.3) is 5.91 Å². The number of likely N-dealkylation sites (tertiary alicyclic amines) is 1. The van der Waals surface area contributed by atoms with Crippen molar-refractivity contribution < 1.29 is 9.53 Å². The number of morpholine rings is 1. The second kappa shape index (κ2) is 7.25. The molecule has 2 fully saturated rings. The predicted molar refractivity (Wildman–Crippen MR) is 90.7 cm³/mol. The maximum absolute atomic E-state index is 12.7. The maximum Gasteiger partial charge on any atom is 0.255 e. The largest absolute Gasteiger partial charge is 0.375 e. The average molecular weight is 339 g/mol. The van der Waals surface area contributed by atoms with Crippen LogP contribution in [0.25, 0.3) is 0 Å². The van der Waals surface area contributed by atoms with E-state index in [2.05, 4.69) is 20.1 Å². The van der Waals surface area contributed by atoms with Crippen LogP contribution in [0.2, 0.25) is 0 Å². The Balaban J connectivity index is 1.48. The highest BCUT2D eigenvalue weighted by Gasteiger charge is 2.38. The molecular weight excluding hydrogens is 318 g/mol. The smallest absolute Gasteiger partial charge is 0.255 e. The zero-order valence-corrected chi connectivity index (χ0v) is 14.0. The third kappa shape index (κ3) is 3.52. The minimum Gasteiger partial charge on any atom is -0.375 e. The molecule has 0 unspecified atom stereocenters. The van der Waals surface area contributed by atoms with E-state index in [0.717, 1.165) is 26.1 Å². The Labute approximate surface area is 146 Å². The maximum atomic E-state index is 12.7. The van der Waals surface area contributed by atoms with Crippen LogP contribution in [0.3, 0.4) is 0 Å². The molecule has 0 N–H and O–H groups in total. The first kappa shape index (κ1) is 16.1. The van der Waals surface area contributed by atoms with Crippen LogP contribution < -0.4 is 0 Å². The van der Waals surface area contributed by atoms with Gasteiger partial charge in [0.1, 0.15) is 0 Å². The second-order valence-corrected chi connectivity index (χ2v) is 6.47. The monoisotopic (exact) mass is 339 g/mol. The Bertz CT molecular complexity index is 712. The molecule has 0 spiro atoms. The summed E-state index contributed by atoms with van der Waals surface area (Å²) in [5, 5.41) is 7.56. The van der Waals surface area contributed by atoms with Gasteiger partial charge in [-0.3, -0.25) is 14.7 Å². The fourth-order valence-corrected chi connectivity index (χ4v) is 3.65. The molecule has 0 radical (unpaired) electrons. The van der Waals surface area contributed by atoms with Crippen molar-refractivity contribution in [2.45, 2.75) is 25.1 Å². The fourth-order valence-electron chi connectivity index (χ4n) is 3.65. The third-order valence-corrected chi connectivity index (χ3v) is 4.95. The van der Waals surface area contributed by atoms with E-state index in [4.69, 9.17) is 4.74 Å². The normalized spacial score (nSPS) is 23.9. The summed E-state index contributed by atoms with van der Waals surface area (Å²) >= 11 is 0. The Morgan fingerprint density at radius 3 is 2.84 bits per heavy atom. The minimum absolute atomic E-state index is 0.0165. The van der Waals surface area contributed by atoms with Gasteiger partial charge in [0, 0.05) is 38.6 Å². The lowest BCUT2D eigenvalue weighted by atomic mass is 9.97. The summed E-state index contributed by atoms with van der Waals surface area (Å²) in [5.74, 6) is 0.0165.